The molecule has 0 aliphatic heterocycles. The van der Waals surface area contributed by atoms with Crippen LogP contribution in [0.15, 0.2) is 0 Å². The average molecular weight is 447 g/mol. The van der Waals surface area contributed by atoms with Crippen LogP contribution in [0.3, 0.4) is 0 Å². The number of carbonyl (C=O) groups excluding carboxylic acids is 1. The molecule has 0 spiro atoms. The smallest absolute Gasteiger partial charge is 0.290 e. The number of Topliss-reactive ketones (excluding diaryl/α,β-unsaturated/α-hetero) is 1. The molecule has 0 heterocycles. The van der Waals surface area contributed by atoms with Crippen LogP contribution < -0.4 is 0 Å². The zero-order chi connectivity index (χ0) is 23.7. The summed E-state index contributed by atoms with van der Waals surface area (Å²) in [5, 5.41) is 6.89. The molecule has 0 radical (unpaired) electrons. The SMILES string of the molecule is CC1C(=O)CCC2(C)C1CCC1(C)C3CCC4(C)CCCC4C3CCC21.CCC.O=CO. The molecule has 5 aliphatic carbocycles. The third kappa shape index (κ3) is 4.09. The standard InChI is InChI=1S/C25H40O.C3H8.CH2O2/c1-16-18-10-14-25(4)20-9-13-23(2)12-5-6-19(23)17(20)7-8-22(25)24(18,3)15-11-21(16)26;1-3-2;2-1-3/h16-20,22H,5-15H2,1-4H3;3H2,1-2H3;1H,(H,2,3). The maximum atomic E-state index is 12.4. The Hall–Kier alpha value is -0.860. The van der Waals surface area contributed by atoms with Crippen molar-refractivity contribution in [1.29, 1.82) is 0 Å². The maximum absolute atomic E-state index is 12.4. The molecule has 3 nitrogen and oxygen atoms in total. The summed E-state index contributed by atoms with van der Waals surface area (Å²) >= 11 is 0. The first kappa shape index (κ1) is 25.8. The van der Waals surface area contributed by atoms with Crippen LogP contribution in [0.1, 0.15) is 119 Å². The van der Waals surface area contributed by atoms with Crippen LogP contribution in [-0.4, -0.2) is 17.4 Å². The average Bonchev–Trinajstić information content (AvgIpc) is 3.14. The van der Waals surface area contributed by atoms with Crippen molar-refractivity contribution in [1.82, 2.24) is 0 Å². The van der Waals surface area contributed by atoms with Crippen LogP contribution in [0.25, 0.3) is 0 Å². The number of carbonyl (C=O) groups is 2. The summed E-state index contributed by atoms with van der Waals surface area (Å²) in [6, 6.07) is 0. The Morgan fingerprint density at radius 1 is 0.875 bits per heavy atom. The number of hydrogen-bond acceptors (Lipinski definition) is 2. The molecular formula is C29H50O3. The van der Waals surface area contributed by atoms with Crippen molar-refractivity contribution in [2.75, 3.05) is 0 Å². The maximum Gasteiger partial charge on any atom is 0.290 e. The number of fused-ring (bicyclic) bond motifs is 7. The Kier molecular flexibility index (Phi) is 7.88. The molecule has 32 heavy (non-hydrogen) atoms. The van der Waals surface area contributed by atoms with E-state index in [1.54, 1.807) is 0 Å². The van der Waals surface area contributed by atoms with Crippen molar-refractivity contribution in [3.05, 3.63) is 0 Å². The zero-order valence-corrected chi connectivity index (χ0v) is 21.8. The van der Waals surface area contributed by atoms with Crippen LogP contribution in [0.2, 0.25) is 0 Å². The molecule has 0 aromatic heterocycles. The number of hydrogen-bond donors (Lipinski definition) is 1. The van der Waals surface area contributed by atoms with Gasteiger partial charge in [-0.3, -0.25) is 9.59 Å². The second kappa shape index (κ2) is 9.79. The number of rotatable bonds is 0. The molecule has 1 N–H and O–H groups in total. The highest BCUT2D eigenvalue weighted by molar-refractivity contribution is 5.82. The van der Waals surface area contributed by atoms with Crippen LogP contribution in [0, 0.1) is 51.8 Å². The Labute approximate surface area is 197 Å². The highest BCUT2D eigenvalue weighted by atomic mass is 16.3. The van der Waals surface area contributed by atoms with Gasteiger partial charge in [0.15, 0.2) is 0 Å². The molecule has 0 amide bonds. The van der Waals surface area contributed by atoms with E-state index in [1.165, 1.54) is 70.6 Å². The fourth-order valence-electron chi connectivity index (χ4n) is 9.97. The Bertz CT molecular complexity index is 673. The van der Waals surface area contributed by atoms with Crippen molar-refractivity contribution < 1.29 is 14.7 Å². The molecule has 184 valence electrons. The molecule has 0 bridgehead atoms. The predicted octanol–water partition coefficient (Wildman–Crippen LogP) is 7.77. The summed E-state index contributed by atoms with van der Waals surface area (Å²) < 4.78 is 0. The minimum Gasteiger partial charge on any atom is -0.483 e. The molecule has 5 rings (SSSR count). The lowest BCUT2D eigenvalue weighted by Crippen LogP contribution is -2.60. The third-order valence-electron chi connectivity index (χ3n) is 11.3. The van der Waals surface area contributed by atoms with Gasteiger partial charge in [-0.25, -0.2) is 0 Å². The molecule has 0 aromatic carbocycles. The molecule has 9 atom stereocenters. The van der Waals surface area contributed by atoms with Gasteiger partial charge in [0.25, 0.3) is 6.47 Å². The van der Waals surface area contributed by atoms with Gasteiger partial charge in [-0.05, 0) is 104 Å². The summed E-state index contributed by atoms with van der Waals surface area (Å²) in [4.78, 5) is 20.8. The van der Waals surface area contributed by atoms with Gasteiger partial charge >= 0.3 is 0 Å². The topological polar surface area (TPSA) is 54.4 Å². The minimum absolute atomic E-state index is 0.250. The lowest BCUT2D eigenvalue weighted by molar-refractivity contribution is -0.183. The van der Waals surface area contributed by atoms with Gasteiger partial charge in [-0.1, -0.05) is 54.4 Å². The summed E-state index contributed by atoms with van der Waals surface area (Å²) in [7, 11) is 0. The number of ketones is 1. The van der Waals surface area contributed by atoms with E-state index in [1.807, 2.05) is 0 Å². The molecule has 0 saturated heterocycles. The van der Waals surface area contributed by atoms with Crippen LogP contribution in [0.4, 0.5) is 0 Å². The molecular weight excluding hydrogens is 396 g/mol. The van der Waals surface area contributed by atoms with E-state index in [0.717, 1.165) is 30.1 Å². The molecule has 3 heteroatoms. The fourth-order valence-corrected chi connectivity index (χ4v) is 9.97. The van der Waals surface area contributed by atoms with Crippen molar-refractivity contribution in [2.45, 2.75) is 119 Å². The van der Waals surface area contributed by atoms with Crippen LogP contribution >= 0.6 is 0 Å². The van der Waals surface area contributed by atoms with E-state index < -0.39 is 0 Å². The lowest BCUT2D eigenvalue weighted by Gasteiger charge is -2.67. The second-order valence-electron chi connectivity index (χ2n) is 12.8. The van der Waals surface area contributed by atoms with Crippen LogP contribution in [0.5, 0.6) is 0 Å². The van der Waals surface area contributed by atoms with E-state index in [2.05, 4.69) is 41.5 Å². The lowest BCUT2D eigenvalue weighted by atomic mass is 9.38. The zero-order valence-electron chi connectivity index (χ0n) is 21.8. The van der Waals surface area contributed by atoms with Crippen molar-refractivity contribution in [2.24, 2.45) is 51.8 Å². The Balaban J connectivity index is 0.000000437. The first-order valence-electron chi connectivity index (χ1n) is 13.7. The highest BCUT2D eigenvalue weighted by Crippen LogP contribution is 2.71. The fraction of sp³-hybridized carbons (Fsp3) is 0.931. The quantitative estimate of drug-likeness (QED) is 0.387. The third-order valence-corrected chi connectivity index (χ3v) is 11.3. The largest absolute Gasteiger partial charge is 0.483 e. The van der Waals surface area contributed by atoms with Crippen LogP contribution in [-0.2, 0) is 9.59 Å². The molecule has 5 aliphatic rings. The minimum atomic E-state index is -0.250. The summed E-state index contributed by atoms with van der Waals surface area (Å²) in [5.74, 6) is 5.43. The number of carboxylic acid groups (broad SMARTS) is 1. The first-order valence-corrected chi connectivity index (χ1v) is 13.7. The van der Waals surface area contributed by atoms with E-state index in [-0.39, 0.29) is 6.47 Å². The Morgan fingerprint density at radius 2 is 1.47 bits per heavy atom. The predicted molar refractivity (Wildman–Crippen MR) is 131 cm³/mol. The van der Waals surface area contributed by atoms with Crippen molar-refractivity contribution >= 4 is 12.3 Å². The Morgan fingerprint density at radius 3 is 2.12 bits per heavy atom. The van der Waals surface area contributed by atoms with Gasteiger partial charge < -0.3 is 5.11 Å². The molecule has 9 unspecified atom stereocenters. The van der Waals surface area contributed by atoms with Crippen molar-refractivity contribution in [3.63, 3.8) is 0 Å². The highest BCUT2D eigenvalue weighted by Gasteiger charge is 2.64. The molecule has 5 fully saturated rings. The van der Waals surface area contributed by atoms with E-state index in [0.29, 0.717) is 33.9 Å². The monoisotopic (exact) mass is 446 g/mol. The summed E-state index contributed by atoms with van der Waals surface area (Å²) in [6.07, 6.45) is 16.5. The van der Waals surface area contributed by atoms with Gasteiger partial charge in [0, 0.05) is 12.3 Å². The summed E-state index contributed by atoms with van der Waals surface area (Å²) in [5.41, 5.74) is 1.66. The van der Waals surface area contributed by atoms with Gasteiger partial charge in [0.1, 0.15) is 5.78 Å². The van der Waals surface area contributed by atoms with E-state index >= 15 is 0 Å². The van der Waals surface area contributed by atoms with Gasteiger partial charge in [-0.2, -0.15) is 0 Å². The normalized spacial score (nSPS) is 49.0. The van der Waals surface area contributed by atoms with E-state index in [9.17, 15) is 4.79 Å². The molecule has 5 saturated carbocycles. The van der Waals surface area contributed by atoms with Gasteiger partial charge in [0.2, 0.25) is 0 Å². The van der Waals surface area contributed by atoms with Gasteiger partial charge in [0.05, 0.1) is 0 Å². The summed E-state index contributed by atoms with van der Waals surface area (Å²) in [6.45, 7) is 14.2. The van der Waals surface area contributed by atoms with Gasteiger partial charge in [-0.15, -0.1) is 0 Å². The second-order valence-corrected chi connectivity index (χ2v) is 12.8. The molecule has 0 aromatic rings. The van der Waals surface area contributed by atoms with E-state index in [4.69, 9.17) is 9.90 Å². The van der Waals surface area contributed by atoms with Crippen molar-refractivity contribution in [3.8, 4) is 0 Å². The first-order chi connectivity index (χ1) is 15.1.